The SMILES string of the molecule is COc1ncc(CN2NN=C(CO)N2)cc1-c1ccc(F)c(F)c1. The van der Waals surface area contributed by atoms with Crippen LogP contribution in [0.3, 0.4) is 0 Å². The summed E-state index contributed by atoms with van der Waals surface area (Å²) in [6, 6.07) is 5.37. The molecular weight excluding hydrogens is 320 g/mol. The summed E-state index contributed by atoms with van der Waals surface area (Å²) >= 11 is 0. The van der Waals surface area contributed by atoms with Crippen LogP contribution in [-0.4, -0.2) is 34.8 Å². The van der Waals surface area contributed by atoms with Crippen LogP contribution in [0.25, 0.3) is 11.1 Å². The number of hydrazine groups is 2. The number of amidine groups is 1. The molecule has 0 spiro atoms. The number of ether oxygens (including phenoxy) is 1. The molecule has 1 aromatic carbocycles. The lowest BCUT2D eigenvalue weighted by atomic mass is 10.0. The highest BCUT2D eigenvalue weighted by atomic mass is 19.2. The number of benzene rings is 1. The number of halogens is 2. The molecule has 0 aliphatic carbocycles. The van der Waals surface area contributed by atoms with E-state index in [0.717, 1.165) is 17.7 Å². The van der Waals surface area contributed by atoms with Crippen molar-refractivity contribution in [3.8, 4) is 17.0 Å². The van der Waals surface area contributed by atoms with Crippen LogP contribution in [0.1, 0.15) is 5.56 Å². The largest absolute Gasteiger partial charge is 0.481 e. The van der Waals surface area contributed by atoms with Gasteiger partial charge in [0.15, 0.2) is 17.5 Å². The number of aliphatic hydroxyl groups is 1. The molecule has 0 atom stereocenters. The molecule has 24 heavy (non-hydrogen) atoms. The summed E-state index contributed by atoms with van der Waals surface area (Å²) in [6.07, 6.45) is 1.60. The van der Waals surface area contributed by atoms with Crippen molar-refractivity contribution in [3.63, 3.8) is 0 Å². The maximum absolute atomic E-state index is 13.5. The Balaban J connectivity index is 1.87. The predicted molar refractivity (Wildman–Crippen MR) is 82.5 cm³/mol. The molecule has 3 N–H and O–H groups in total. The fraction of sp³-hybridized carbons (Fsp3) is 0.200. The highest BCUT2D eigenvalue weighted by molar-refractivity contribution is 5.83. The second kappa shape index (κ2) is 6.77. The van der Waals surface area contributed by atoms with Crippen LogP contribution in [0, 0.1) is 11.6 Å². The molecule has 3 rings (SSSR count). The van der Waals surface area contributed by atoms with E-state index < -0.39 is 11.6 Å². The molecule has 1 aliphatic rings. The van der Waals surface area contributed by atoms with Gasteiger partial charge < -0.3 is 9.84 Å². The number of hydrazone groups is 1. The number of methoxy groups -OCH3 is 1. The van der Waals surface area contributed by atoms with E-state index in [-0.39, 0.29) is 6.61 Å². The van der Waals surface area contributed by atoms with Crippen molar-refractivity contribution < 1.29 is 18.6 Å². The Hall–Kier alpha value is -2.78. The molecule has 0 saturated carbocycles. The summed E-state index contributed by atoms with van der Waals surface area (Å²) in [4.78, 5) is 4.20. The minimum absolute atomic E-state index is 0.218. The highest BCUT2D eigenvalue weighted by Crippen LogP contribution is 2.30. The molecule has 9 heteroatoms. The molecule has 2 heterocycles. The first-order valence-electron chi connectivity index (χ1n) is 7.06. The van der Waals surface area contributed by atoms with Crippen molar-refractivity contribution in [2.24, 2.45) is 5.10 Å². The minimum Gasteiger partial charge on any atom is -0.481 e. The molecule has 0 amide bonds. The van der Waals surface area contributed by atoms with Gasteiger partial charge in [0.25, 0.3) is 0 Å². The van der Waals surface area contributed by atoms with Gasteiger partial charge in [-0.25, -0.2) is 19.3 Å². The summed E-state index contributed by atoms with van der Waals surface area (Å²) < 4.78 is 31.8. The number of nitrogens with zero attached hydrogens (tertiary/aromatic N) is 3. The van der Waals surface area contributed by atoms with Gasteiger partial charge in [-0.3, -0.25) is 5.43 Å². The molecule has 0 saturated heterocycles. The van der Waals surface area contributed by atoms with Gasteiger partial charge in [-0.2, -0.15) is 0 Å². The summed E-state index contributed by atoms with van der Waals surface area (Å²) in [5, 5.41) is 14.4. The molecule has 126 valence electrons. The summed E-state index contributed by atoms with van der Waals surface area (Å²) in [7, 11) is 1.45. The number of aromatic nitrogens is 1. The second-order valence-corrected chi connectivity index (χ2v) is 5.04. The normalized spacial score (nSPS) is 14.1. The Bertz CT molecular complexity index is 784. The van der Waals surface area contributed by atoms with Crippen molar-refractivity contribution in [1.82, 2.24) is 21.1 Å². The number of nitrogens with one attached hydrogen (secondary N) is 2. The average molecular weight is 335 g/mol. The topological polar surface area (TPSA) is 82.0 Å². The second-order valence-electron chi connectivity index (χ2n) is 5.04. The zero-order valence-electron chi connectivity index (χ0n) is 12.8. The summed E-state index contributed by atoms with van der Waals surface area (Å²) in [5.74, 6) is -1.17. The predicted octanol–water partition coefficient (Wildman–Crippen LogP) is 1.17. The quantitative estimate of drug-likeness (QED) is 0.761. The van der Waals surface area contributed by atoms with E-state index in [1.54, 1.807) is 17.4 Å². The van der Waals surface area contributed by atoms with Crippen LogP contribution in [0.4, 0.5) is 8.78 Å². The van der Waals surface area contributed by atoms with Crippen molar-refractivity contribution >= 4 is 5.84 Å². The van der Waals surface area contributed by atoms with Gasteiger partial charge in [0, 0.05) is 11.8 Å². The maximum atomic E-state index is 13.5. The van der Waals surface area contributed by atoms with Crippen LogP contribution in [0.2, 0.25) is 0 Å². The Labute approximate surface area is 136 Å². The van der Waals surface area contributed by atoms with E-state index in [0.29, 0.717) is 29.4 Å². The average Bonchev–Trinajstić information content (AvgIpc) is 3.05. The summed E-state index contributed by atoms with van der Waals surface area (Å²) in [6.45, 7) is 0.144. The van der Waals surface area contributed by atoms with Crippen LogP contribution in [0.15, 0.2) is 35.6 Å². The number of aliphatic hydroxyl groups excluding tert-OH is 1. The molecule has 1 aromatic heterocycles. The fourth-order valence-electron chi connectivity index (χ4n) is 2.27. The minimum atomic E-state index is -0.941. The van der Waals surface area contributed by atoms with E-state index in [1.165, 1.54) is 13.2 Å². The monoisotopic (exact) mass is 335 g/mol. The van der Waals surface area contributed by atoms with E-state index in [2.05, 4.69) is 21.0 Å². The lowest BCUT2D eigenvalue weighted by Gasteiger charge is -2.16. The Kier molecular flexibility index (Phi) is 4.54. The van der Waals surface area contributed by atoms with Crippen molar-refractivity contribution in [1.29, 1.82) is 0 Å². The van der Waals surface area contributed by atoms with Gasteiger partial charge in [-0.1, -0.05) is 6.07 Å². The van der Waals surface area contributed by atoms with Crippen LogP contribution in [0.5, 0.6) is 5.88 Å². The number of hydrogen-bond acceptors (Lipinski definition) is 7. The lowest BCUT2D eigenvalue weighted by molar-refractivity contribution is 0.167. The van der Waals surface area contributed by atoms with Crippen molar-refractivity contribution in [3.05, 3.63) is 47.7 Å². The summed E-state index contributed by atoms with van der Waals surface area (Å²) in [5.41, 5.74) is 7.30. The molecule has 0 unspecified atom stereocenters. The molecule has 0 radical (unpaired) electrons. The molecule has 7 nitrogen and oxygen atoms in total. The van der Waals surface area contributed by atoms with Gasteiger partial charge in [0.05, 0.1) is 13.7 Å². The molecule has 1 aliphatic heterocycles. The molecule has 0 bridgehead atoms. The third-order valence-corrected chi connectivity index (χ3v) is 3.39. The van der Waals surface area contributed by atoms with Gasteiger partial charge in [-0.05, 0) is 29.3 Å². The smallest absolute Gasteiger partial charge is 0.221 e. The zero-order chi connectivity index (χ0) is 17.1. The standard InChI is InChI=1S/C15H15F2N5O2/c1-24-15-11(10-2-3-12(16)13(17)5-10)4-9(6-18-15)7-22-20-14(8-23)19-21-22/h2-6,21,23H,7-8H2,1H3,(H,19,20). The van der Waals surface area contributed by atoms with Crippen molar-refractivity contribution in [2.45, 2.75) is 6.54 Å². The maximum Gasteiger partial charge on any atom is 0.221 e. The fourth-order valence-corrected chi connectivity index (χ4v) is 2.27. The van der Waals surface area contributed by atoms with E-state index in [9.17, 15) is 8.78 Å². The number of hydrogen-bond donors (Lipinski definition) is 3. The van der Waals surface area contributed by atoms with Gasteiger partial charge in [0.2, 0.25) is 5.88 Å². The van der Waals surface area contributed by atoms with Gasteiger partial charge >= 0.3 is 0 Å². The Morgan fingerprint density at radius 3 is 2.75 bits per heavy atom. The molecule has 0 fully saturated rings. The van der Waals surface area contributed by atoms with Crippen LogP contribution < -0.4 is 15.7 Å². The first kappa shape index (κ1) is 16.1. The molecule has 2 aromatic rings. The van der Waals surface area contributed by atoms with Crippen LogP contribution in [-0.2, 0) is 6.54 Å². The van der Waals surface area contributed by atoms with E-state index >= 15 is 0 Å². The lowest BCUT2D eigenvalue weighted by Crippen LogP contribution is -2.41. The van der Waals surface area contributed by atoms with E-state index in [4.69, 9.17) is 9.84 Å². The third kappa shape index (κ3) is 3.26. The van der Waals surface area contributed by atoms with Gasteiger partial charge in [-0.15, -0.1) is 10.2 Å². The first-order valence-corrected chi connectivity index (χ1v) is 7.06. The highest BCUT2D eigenvalue weighted by Gasteiger charge is 2.16. The van der Waals surface area contributed by atoms with E-state index in [1.807, 2.05) is 0 Å². The first-order chi connectivity index (χ1) is 11.6. The Morgan fingerprint density at radius 1 is 1.25 bits per heavy atom. The molecular formula is C15H15F2N5O2. The third-order valence-electron chi connectivity index (χ3n) is 3.39. The zero-order valence-corrected chi connectivity index (χ0v) is 12.8. The van der Waals surface area contributed by atoms with Crippen molar-refractivity contribution in [2.75, 3.05) is 13.7 Å². The number of rotatable bonds is 5. The van der Waals surface area contributed by atoms with Gasteiger partial charge in [0.1, 0.15) is 6.61 Å². The van der Waals surface area contributed by atoms with Crippen LogP contribution >= 0.6 is 0 Å². The Morgan fingerprint density at radius 2 is 2.08 bits per heavy atom. The number of pyridine rings is 1.